The minimum atomic E-state index is 0.524. The summed E-state index contributed by atoms with van der Waals surface area (Å²) < 4.78 is 0. The van der Waals surface area contributed by atoms with Gasteiger partial charge >= 0.3 is 0 Å². The molecule has 138 valence electrons. The molecule has 2 N–H and O–H groups in total. The van der Waals surface area contributed by atoms with Gasteiger partial charge in [-0.25, -0.2) is 0 Å². The predicted molar refractivity (Wildman–Crippen MR) is 107 cm³/mol. The Morgan fingerprint density at radius 1 is 0.769 bits per heavy atom. The first-order valence-electron chi connectivity index (χ1n) is 11.3. The van der Waals surface area contributed by atoms with E-state index >= 15 is 0 Å². The molecule has 6 aliphatic carbocycles. The van der Waals surface area contributed by atoms with Crippen LogP contribution in [0.4, 0.5) is 0 Å². The van der Waals surface area contributed by atoms with Crippen molar-refractivity contribution >= 4 is 0 Å². The second-order valence-electron chi connectivity index (χ2n) is 10.1. The van der Waals surface area contributed by atoms with Crippen molar-refractivity contribution in [2.45, 2.75) is 51.4 Å². The standard InChI is InChI=1S/C25H33N/c26-16-13-14-20-19-9-3-6-12-23(19)25(24(20)15-16)21-10-4-1-7-17(21)18-8-2-5-11-22(18)25/h1-2,7-8,13-15,17-24H,3-6,9-12,26H2/t17?,18?,19?,20?,21?,22?,23-,24?,25?/m1/s1. The highest BCUT2D eigenvalue weighted by molar-refractivity contribution is 5.34. The monoisotopic (exact) mass is 347 g/mol. The molecular formula is C25H33N. The number of rotatable bonds is 0. The van der Waals surface area contributed by atoms with Crippen molar-refractivity contribution < 1.29 is 0 Å². The molecule has 6 rings (SSSR count). The van der Waals surface area contributed by atoms with Gasteiger partial charge in [0.1, 0.15) is 0 Å². The maximum absolute atomic E-state index is 6.41. The summed E-state index contributed by atoms with van der Waals surface area (Å²) >= 11 is 0. The molecule has 0 radical (unpaired) electrons. The fraction of sp³-hybridized carbons (Fsp3) is 0.680. The molecule has 8 atom stereocenters. The second-order valence-corrected chi connectivity index (χ2v) is 10.1. The third-order valence-electron chi connectivity index (χ3n) is 9.49. The summed E-state index contributed by atoms with van der Waals surface area (Å²) in [7, 11) is 0. The minimum absolute atomic E-state index is 0.524. The largest absolute Gasteiger partial charge is 0.399 e. The van der Waals surface area contributed by atoms with Crippen LogP contribution >= 0.6 is 0 Å². The summed E-state index contributed by atoms with van der Waals surface area (Å²) in [6.45, 7) is 0. The Balaban J connectivity index is 1.56. The normalized spacial score (nSPS) is 53.8. The highest BCUT2D eigenvalue weighted by Gasteiger charge is 2.70. The van der Waals surface area contributed by atoms with E-state index in [0.717, 1.165) is 47.1 Å². The summed E-state index contributed by atoms with van der Waals surface area (Å²) in [6, 6.07) is 0. The summed E-state index contributed by atoms with van der Waals surface area (Å²) in [5, 5.41) is 0. The van der Waals surface area contributed by atoms with Gasteiger partial charge < -0.3 is 5.73 Å². The van der Waals surface area contributed by atoms with Crippen LogP contribution in [0.2, 0.25) is 0 Å². The van der Waals surface area contributed by atoms with E-state index in [-0.39, 0.29) is 0 Å². The molecule has 0 saturated heterocycles. The number of allylic oxidation sites excluding steroid dienone is 7. The van der Waals surface area contributed by atoms with Crippen LogP contribution in [0, 0.1) is 52.8 Å². The molecule has 3 fully saturated rings. The Labute approximate surface area is 158 Å². The Kier molecular flexibility index (Phi) is 3.42. The zero-order chi connectivity index (χ0) is 17.3. The van der Waals surface area contributed by atoms with Gasteiger partial charge in [-0.3, -0.25) is 0 Å². The Hall–Kier alpha value is -1.24. The highest BCUT2D eigenvalue weighted by Crippen LogP contribution is 2.75. The van der Waals surface area contributed by atoms with Gasteiger partial charge in [0.2, 0.25) is 0 Å². The SMILES string of the molecule is NC1=CC2C(C=C1)C1CCCC[C@H]1C21C2CCC=CC2C2C=CCCC21. The van der Waals surface area contributed by atoms with E-state index in [4.69, 9.17) is 5.73 Å². The van der Waals surface area contributed by atoms with Crippen LogP contribution in [0.15, 0.2) is 48.2 Å². The van der Waals surface area contributed by atoms with E-state index < -0.39 is 0 Å². The van der Waals surface area contributed by atoms with Crippen LogP contribution in [-0.4, -0.2) is 0 Å². The summed E-state index contributed by atoms with van der Waals surface area (Å²) in [5.41, 5.74) is 7.98. The average Bonchev–Trinajstić information content (AvgIpc) is 3.15. The van der Waals surface area contributed by atoms with Crippen molar-refractivity contribution in [3.63, 3.8) is 0 Å². The van der Waals surface area contributed by atoms with Crippen molar-refractivity contribution in [1.29, 1.82) is 0 Å². The molecule has 0 aliphatic heterocycles. The molecule has 0 heterocycles. The van der Waals surface area contributed by atoms with E-state index in [1.807, 2.05) is 0 Å². The van der Waals surface area contributed by atoms with E-state index in [1.54, 1.807) is 0 Å². The predicted octanol–water partition coefficient (Wildman–Crippen LogP) is 5.62. The maximum atomic E-state index is 6.41. The third-order valence-corrected chi connectivity index (χ3v) is 9.49. The molecule has 7 unspecified atom stereocenters. The fourth-order valence-electron chi connectivity index (χ4n) is 9.08. The lowest BCUT2D eigenvalue weighted by atomic mass is 9.54. The summed E-state index contributed by atoms with van der Waals surface area (Å²) in [5.74, 6) is 6.72. The second kappa shape index (κ2) is 5.63. The van der Waals surface area contributed by atoms with Crippen LogP contribution in [0.3, 0.4) is 0 Å². The highest BCUT2D eigenvalue weighted by atomic mass is 14.7. The molecule has 0 aromatic heterocycles. The van der Waals surface area contributed by atoms with Crippen molar-refractivity contribution in [3.8, 4) is 0 Å². The molecule has 26 heavy (non-hydrogen) atoms. The molecule has 0 bridgehead atoms. The number of hydrogen-bond donors (Lipinski definition) is 1. The van der Waals surface area contributed by atoms with Gasteiger partial charge in [0, 0.05) is 5.70 Å². The van der Waals surface area contributed by atoms with Gasteiger partial charge in [0.25, 0.3) is 0 Å². The Bertz CT molecular complexity index is 682. The molecule has 1 nitrogen and oxygen atoms in total. The van der Waals surface area contributed by atoms with E-state index in [2.05, 4.69) is 42.5 Å². The lowest BCUT2D eigenvalue weighted by Gasteiger charge is -2.50. The van der Waals surface area contributed by atoms with Crippen LogP contribution in [0.25, 0.3) is 0 Å². The lowest BCUT2D eigenvalue weighted by molar-refractivity contribution is -0.00123. The molecule has 0 aromatic carbocycles. The minimum Gasteiger partial charge on any atom is -0.399 e. The van der Waals surface area contributed by atoms with Crippen LogP contribution in [-0.2, 0) is 0 Å². The molecule has 0 amide bonds. The fourth-order valence-corrected chi connectivity index (χ4v) is 9.08. The van der Waals surface area contributed by atoms with Gasteiger partial charge in [-0.2, -0.15) is 0 Å². The average molecular weight is 348 g/mol. The van der Waals surface area contributed by atoms with Crippen LogP contribution < -0.4 is 5.73 Å². The molecular weight excluding hydrogens is 314 g/mol. The molecule has 6 aliphatic rings. The van der Waals surface area contributed by atoms with Crippen LogP contribution in [0.5, 0.6) is 0 Å². The van der Waals surface area contributed by atoms with Crippen LogP contribution in [0.1, 0.15) is 51.4 Å². The van der Waals surface area contributed by atoms with Crippen molar-refractivity contribution in [3.05, 3.63) is 48.2 Å². The summed E-state index contributed by atoms with van der Waals surface area (Å²) in [6.07, 6.45) is 28.9. The van der Waals surface area contributed by atoms with E-state index in [1.165, 1.54) is 51.4 Å². The van der Waals surface area contributed by atoms with Gasteiger partial charge in [0.15, 0.2) is 0 Å². The molecule has 1 heteroatoms. The van der Waals surface area contributed by atoms with Gasteiger partial charge in [-0.1, -0.05) is 49.3 Å². The van der Waals surface area contributed by atoms with Crippen molar-refractivity contribution in [1.82, 2.24) is 0 Å². The molecule has 1 spiro atoms. The molecule has 0 aromatic rings. The first kappa shape index (κ1) is 15.8. The first-order chi connectivity index (χ1) is 12.8. The van der Waals surface area contributed by atoms with Gasteiger partial charge in [-0.05, 0) is 97.4 Å². The van der Waals surface area contributed by atoms with Gasteiger partial charge in [0.05, 0.1) is 0 Å². The third kappa shape index (κ3) is 1.83. The lowest BCUT2D eigenvalue weighted by Crippen LogP contribution is -2.45. The quantitative estimate of drug-likeness (QED) is 0.566. The maximum Gasteiger partial charge on any atom is 0.0273 e. The first-order valence-corrected chi connectivity index (χ1v) is 11.3. The van der Waals surface area contributed by atoms with E-state index in [9.17, 15) is 0 Å². The van der Waals surface area contributed by atoms with Crippen molar-refractivity contribution in [2.24, 2.45) is 58.5 Å². The number of nitrogens with two attached hydrogens (primary N) is 1. The Morgan fingerprint density at radius 2 is 1.46 bits per heavy atom. The number of fused-ring (bicyclic) bond motifs is 10. The summed E-state index contributed by atoms with van der Waals surface area (Å²) in [4.78, 5) is 0. The smallest absolute Gasteiger partial charge is 0.0273 e. The number of hydrogen-bond acceptors (Lipinski definition) is 1. The van der Waals surface area contributed by atoms with E-state index in [0.29, 0.717) is 11.3 Å². The van der Waals surface area contributed by atoms with Gasteiger partial charge in [-0.15, -0.1) is 0 Å². The van der Waals surface area contributed by atoms with Crippen molar-refractivity contribution in [2.75, 3.05) is 0 Å². The Morgan fingerprint density at radius 3 is 2.19 bits per heavy atom. The zero-order valence-corrected chi connectivity index (χ0v) is 15.9. The molecule has 3 saturated carbocycles. The zero-order valence-electron chi connectivity index (χ0n) is 15.9. The topological polar surface area (TPSA) is 26.0 Å².